The molecule has 1 aromatic carbocycles. The van der Waals surface area contributed by atoms with Gasteiger partial charge in [0.25, 0.3) is 0 Å². The van der Waals surface area contributed by atoms with Gasteiger partial charge in [0.05, 0.1) is 19.6 Å². The number of methoxy groups -OCH3 is 1. The molecule has 19 heavy (non-hydrogen) atoms. The Labute approximate surface area is 111 Å². The second-order valence-electron chi connectivity index (χ2n) is 4.06. The molecule has 1 atom stereocenters. The lowest BCUT2D eigenvalue weighted by atomic mass is 10.1. The van der Waals surface area contributed by atoms with E-state index >= 15 is 0 Å². The zero-order valence-corrected chi connectivity index (χ0v) is 10.8. The molecule has 0 radical (unpaired) electrons. The minimum atomic E-state index is -1.09. The molecule has 0 spiro atoms. The lowest BCUT2D eigenvalue weighted by molar-refractivity contribution is -0.139. The summed E-state index contributed by atoms with van der Waals surface area (Å²) in [5.41, 5.74) is 6.41. The fourth-order valence-corrected chi connectivity index (χ4v) is 1.64. The van der Waals surface area contributed by atoms with Crippen LogP contribution in [-0.2, 0) is 16.0 Å². The number of carboxylic acid groups (broad SMARTS) is 1. The van der Waals surface area contributed by atoms with E-state index in [1.165, 1.54) is 0 Å². The van der Waals surface area contributed by atoms with Crippen molar-refractivity contribution < 1.29 is 19.4 Å². The van der Waals surface area contributed by atoms with E-state index in [2.05, 4.69) is 5.32 Å². The van der Waals surface area contributed by atoms with E-state index in [0.717, 1.165) is 11.3 Å². The number of ether oxygens (including phenoxy) is 1. The zero-order chi connectivity index (χ0) is 14.3. The summed E-state index contributed by atoms with van der Waals surface area (Å²) in [6, 6.07) is 6.48. The van der Waals surface area contributed by atoms with Gasteiger partial charge in [-0.05, 0) is 18.1 Å². The predicted octanol–water partition coefficient (Wildman–Crippen LogP) is 0.156. The lowest BCUT2D eigenvalue weighted by Gasteiger charge is -2.11. The number of carbonyl (C=O) groups is 2. The summed E-state index contributed by atoms with van der Waals surface area (Å²) in [4.78, 5) is 21.9. The van der Waals surface area contributed by atoms with Crippen LogP contribution in [-0.4, -0.2) is 36.7 Å². The molecule has 0 aromatic heterocycles. The number of nitrogens with one attached hydrogen (secondary N) is 1. The number of carboxylic acids is 1. The fraction of sp³-hybridized carbons (Fsp3) is 0.385. The molecule has 1 rings (SSSR count). The molecule has 6 nitrogen and oxygen atoms in total. The fourth-order valence-electron chi connectivity index (χ4n) is 1.64. The van der Waals surface area contributed by atoms with Crippen molar-refractivity contribution in [3.8, 4) is 5.75 Å². The van der Waals surface area contributed by atoms with E-state index < -0.39 is 17.9 Å². The smallest absolute Gasteiger partial charge is 0.305 e. The van der Waals surface area contributed by atoms with Gasteiger partial charge in [-0.25, -0.2) is 0 Å². The normalized spacial score (nSPS) is 11.7. The highest BCUT2D eigenvalue weighted by Crippen LogP contribution is 2.17. The van der Waals surface area contributed by atoms with Gasteiger partial charge in [-0.15, -0.1) is 0 Å². The highest BCUT2D eigenvalue weighted by Gasteiger charge is 2.16. The van der Waals surface area contributed by atoms with Gasteiger partial charge in [-0.3, -0.25) is 9.59 Å². The van der Waals surface area contributed by atoms with Crippen molar-refractivity contribution in [1.29, 1.82) is 0 Å². The minimum absolute atomic E-state index is 0.375. The number of carbonyl (C=O) groups excluding carboxylic acids is 1. The third kappa shape index (κ3) is 4.97. The molecule has 6 heteroatoms. The Morgan fingerprint density at radius 3 is 2.74 bits per heavy atom. The van der Waals surface area contributed by atoms with Crippen LogP contribution in [0.3, 0.4) is 0 Å². The Bertz CT molecular complexity index is 448. The van der Waals surface area contributed by atoms with Crippen LogP contribution in [0.2, 0.25) is 0 Å². The summed E-state index contributed by atoms with van der Waals surface area (Å²) in [7, 11) is 1.58. The Morgan fingerprint density at radius 1 is 1.42 bits per heavy atom. The lowest BCUT2D eigenvalue weighted by Crippen LogP contribution is -2.42. The van der Waals surface area contributed by atoms with Crippen LogP contribution in [0, 0.1) is 0 Å². The number of hydrogen-bond acceptors (Lipinski definition) is 4. The Hall–Kier alpha value is -2.08. The molecular weight excluding hydrogens is 248 g/mol. The third-order valence-electron chi connectivity index (χ3n) is 2.62. The molecule has 0 saturated heterocycles. The van der Waals surface area contributed by atoms with Crippen LogP contribution in [0.1, 0.15) is 12.0 Å². The summed E-state index contributed by atoms with van der Waals surface area (Å²) in [6.07, 6.45) is 0.218. The first-order valence-electron chi connectivity index (χ1n) is 5.91. The number of hydrogen-bond donors (Lipinski definition) is 3. The summed E-state index contributed by atoms with van der Waals surface area (Å²) < 4.78 is 5.19. The third-order valence-corrected chi connectivity index (χ3v) is 2.62. The van der Waals surface area contributed by atoms with Gasteiger partial charge >= 0.3 is 5.97 Å². The Morgan fingerprint density at radius 2 is 2.11 bits per heavy atom. The average Bonchev–Trinajstić information content (AvgIpc) is 2.38. The molecule has 4 N–H and O–H groups in total. The van der Waals surface area contributed by atoms with E-state index in [1.54, 1.807) is 7.11 Å². The van der Waals surface area contributed by atoms with Gasteiger partial charge < -0.3 is 20.9 Å². The van der Waals surface area contributed by atoms with E-state index in [1.807, 2.05) is 24.3 Å². The molecule has 0 saturated carbocycles. The van der Waals surface area contributed by atoms with Crippen molar-refractivity contribution in [3.05, 3.63) is 29.8 Å². The Balaban J connectivity index is 2.41. The van der Waals surface area contributed by atoms with Crippen molar-refractivity contribution in [3.63, 3.8) is 0 Å². The topological polar surface area (TPSA) is 102 Å². The summed E-state index contributed by atoms with van der Waals surface area (Å²) >= 11 is 0. The van der Waals surface area contributed by atoms with Crippen molar-refractivity contribution in [2.24, 2.45) is 5.73 Å². The van der Waals surface area contributed by atoms with Gasteiger partial charge in [-0.1, -0.05) is 18.2 Å². The van der Waals surface area contributed by atoms with Crippen molar-refractivity contribution in [1.82, 2.24) is 5.32 Å². The monoisotopic (exact) mass is 266 g/mol. The molecule has 0 bridgehead atoms. The van der Waals surface area contributed by atoms with Crippen molar-refractivity contribution >= 4 is 11.9 Å². The number of amides is 1. The maximum atomic E-state index is 11.5. The first kappa shape index (κ1) is 15.0. The molecule has 1 amide bonds. The molecule has 1 unspecified atom stereocenters. The number of benzene rings is 1. The number of aliphatic carboxylic acids is 1. The standard InChI is InChI=1S/C13H18N2O4/c1-19-11-5-3-2-4-9(11)6-7-15-13(18)10(14)8-12(16)17/h2-5,10H,6-8,14H2,1H3,(H,15,18)(H,16,17). The van der Waals surface area contributed by atoms with E-state index in [-0.39, 0.29) is 6.42 Å². The second-order valence-corrected chi connectivity index (χ2v) is 4.06. The Kier molecular flexibility index (Phi) is 5.81. The van der Waals surface area contributed by atoms with Crippen LogP contribution in [0.25, 0.3) is 0 Å². The summed E-state index contributed by atoms with van der Waals surface area (Å²) in [5.74, 6) is -0.795. The van der Waals surface area contributed by atoms with Crippen LogP contribution in [0.4, 0.5) is 0 Å². The first-order chi connectivity index (χ1) is 9.04. The summed E-state index contributed by atoms with van der Waals surface area (Å²) in [5, 5.41) is 11.1. The van der Waals surface area contributed by atoms with Crippen LogP contribution < -0.4 is 15.8 Å². The largest absolute Gasteiger partial charge is 0.496 e. The maximum Gasteiger partial charge on any atom is 0.305 e. The van der Waals surface area contributed by atoms with Gasteiger partial charge in [0.2, 0.25) is 5.91 Å². The maximum absolute atomic E-state index is 11.5. The SMILES string of the molecule is COc1ccccc1CCNC(=O)C(N)CC(=O)O. The predicted molar refractivity (Wildman–Crippen MR) is 69.9 cm³/mol. The van der Waals surface area contributed by atoms with Crippen molar-refractivity contribution in [2.75, 3.05) is 13.7 Å². The van der Waals surface area contributed by atoms with E-state index in [9.17, 15) is 9.59 Å². The van der Waals surface area contributed by atoms with Crippen LogP contribution >= 0.6 is 0 Å². The van der Waals surface area contributed by atoms with Crippen LogP contribution in [0.5, 0.6) is 5.75 Å². The second kappa shape index (κ2) is 7.38. The number of rotatable bonds is 7. The molecule has 0 aliphatic carbocycles. The minimum Gasteiger partial charge on any atom is -0.496 e. The summed E-state index contributed by atoms with van der Waals surface area (Å²) in [6.45, 7) is 0.381. The molecule has 0 heterocycles. The number of nitrogens with two attached hydrogens (primary N) is 1. The van der Waals surface area contributed by atoms with Gasteiger partial charge in [0, 0.05) is 6.54 Å². The molecule has 0 fully saturated rings. The molecule has 0 aliphatic rings. The van der Waals surface area contributed by atoms with E-state index in [4.69, 9.17) is 15.6 Å². The molecule has 0 aliphatic heterocycles. The van der Waals surface area contributed by atoms with Gasteiger partial charge in [0.1, 0.15) is 5.75 Å². The van der Waals surface area contributed by atoms with Gasteiger partial charge in [-0.2, -0.15) is 0 Å². The average molecular weight is 266 g/mol. The first-order valence-corrected chi connectivity index (χ1v) is 5.91. The zero-order valence-electron chi connectivity index (χ0n) is 10.8. The molecular formula is C13H18N2O4. The quantitative estimate of drug-likeness (QED) is 0.652. The van der Waals surface area contributed by atoms with Crippen LogP contribution in [0.15, 0.2) is 24.3 Å². The molecule has 104 valence electrons. The molecule has 1 aromatic rings. The number of para-hydroxylation sites is 1. The van der Waals surface area contributed by atoms with Crippen molar-refractivity contribution in [2.45, 2.75) is 18.9 Å². The van der Waals surface area contributed by atoms with Gasteiger partial charge in [0.15, 0.2) is 0 Å². The van der Waals surface area contributed by atoms with E-state index in [0.29, 0.717) is 13.0 Å². The highest BCUT2D eigenvalue weighted by molar-refractivity contribution is 5.85. The highest BCUT2D eigenvalue weighted by atomic mass is 16.5.